The summed E-state index contributed by atoms with van der Waals surface area (Å²) in [4.78, 5) is 21.4. The molecular formula is C28H33N5O4. The van der Waals surface area contributed by atoms with Gasteiger partial charge in [0.1, 0.15) is 17.1 Å². The fourth-order valence-electron chi connectivity index (χ4n) is 4.72. The number of carbonyl (C=O) groups excluding carboxylic acids is 1. The van der Waals surface area contributed by atoms with Gasteiger partial charge in [-0.2, -0.15) is 0 Å². The Bertz CT molecular complexity index is 1410. The highest BCUT2D eigenvalue weighted by Crippen LogP contribution is 2.41. The number of esters is 1. The van der Waals surface area contributed by atoms with E-state index in [9.17, 15) is 4.79 Å². The molecule has 0 saturated heterocycles. The van der Waals surface area contributed by atoms with Crippen LogP contribution in [0.15, 0.2) is 48.5 Å². The van der Waals surface area contributed by atoms with Gasteiger partial charge in [-0.05, 0) is 36.7 Å². The Hall–Kier alpha value is -3.69. The van der Waals surface area contributed by atoms with Crippen LogP contribution in [0.1, 0.15) is 30.7 Å². The number of hydrogen-bond acceptors (Lipinski definition) is 8. The van der Waals surface area contributed by atoms with E-state index in [4.69, 9.17) is 24.9 Å². The smallest absolute Gasteiger partial charge is 0.350 e. The number of ether oxygens (including phenoxy) is 3. The molecule has 37 heavy (non-hydrogen) atoms. The van der Waals surface area contributed by atoms with E-state index in [0.717, 1.165) is 52.8 Å². The third-order valence-corrected chi connectivity index (χ3v) is 6.76. The monoisotopic (exact) mass is 503 g/mol. The average Bonchev–Trinajstić information content (AvgIpc) is 3.60. The zero-order valence-corrected chi connectivity index (χ0v) is 21.3. The topological polar surface area (TPSA) is 114 Å². The zero-order valence-electron chi connectivity index (χ0n) is 21.3. The number of benzene rings is 2. The normalized spacial score (nSPS) is 14.2. The first-order chi connectivity index (χ1) is 18.0. The van der Waals surface area contributed by atoms with E-state index < -0.39 is 5.60 Å². The minimum Gasteiger partial charge on any atom is -0.476 e. The molecule has 2 heterocycles. The number of nitrogens with two attached hydrogens (primary N) is 1. The molecule has 194 valence electrons. The number of methoxy groups -OCH3 is 2. The maximum atomic E-state index is 12.0. The number of nitrogens with one attached hydrogen (secondary N) is 1. The molecule has 2 aromatic heterocycles. The predicted octanol–water partition coefficient (Wildman–Crippen LogP) is 3.62. The third-order valence-electron chi connectivity index (χ3n) is 6.76. The first-order valence-electron chi connectivity index (χ1n) is 12.6. The van der Waals surface area contributed by atoms with Crippen molar-refractivity contribution in [1.29, 1.82) is 0 Å². The molecule has 0 amide bonds. The van der Waals surface area contributed by atoms with Crippen LogP contribution in [0.3, 0.4) is 0 Å². The lowest BCUT2D eigenvalue weighted by Gasteiger charge is -2.16. The van der Waals surface area contributed by atoms with E-state index in [2.05, 4.69) is 20.9 Å². The van der Waals surface area contributed by atoms with Crippen LogP contribution >= 0.6 is 0 Å². The van der Waals surface area contributed by atoms with E-state index in [0.29, 0.717) is 44.0 Å². The van der Waals surface area contributed by atoms with Crippen molar-refractivity contribution >= 4 is 33.7 Å². The molecule has 1 aliphatic rings. The summed E-state index contributed by atoms with van der Waals surface area (Å²) in [6.07, 6.45) is 2.98. The Labute approximate surface area is 215 Å². The van der Waals surface area contributed by atoms with Gasteiger partial charge in [-0.3, -0.25) is 0 Å². The number of imidazole rings is 1. The molecule has 1 fully saturated rings. The van der Waals surface area contributed by atoms with Crippen molar-refractivity contribution in [1.82, 2.24) is 19.9 Å². The zero-order chi connectivity index (χ0) is 25.8. The molecule has 0 unspecified atom stereocenters. The van der Waals surface area contributed by atoms with Gasteiger partial charge in [-0.15, -0.1) is 0 Å². The van der Waals surface area contributed by atoms with Crippen LogP contribution in [-0.2, 0) is 33.8 Å². The molecule has 3 N–H and O–H groups in total. The third kappa shape index (κ3) is 5.23. The number of nitrogens with zero attached hydrogens (tertiary/aromatic N) is 3. The quantitative estimate of drug-likeness (QED) is 0.223. The summed E-state index contributed by atoms with van der Waals surface area (Å²) in [5.74, 6) is 1.78. The summed E-state index contributed by atoms with van der Waals surface area (Å²) >= 11 is 0. The Morgan fingerprint density at radius 1 is 1.14 bits per heavy atom. The van der Waals surface area contributed by atoms with Crippen molar-refractivity contribution in [3.63, 3.8) is 0 Å². The lowest BCUT2D eigenvalue weighted by molar-refractivity contribution is -0.151. The fraction of sp³-hybridized carbons (Fsp3) is 0.393. The molecule has 1 aliphatic carbocycles. The van der Waals surface area contributed by atoms with E-state index >= 15 is 0 Å². The van der Waals surface area contributed by atoms with Crippen molar-refractivity contribution in [2.75, 3.05) is 33.1 Å². The lowest BCUT2D eigenvalue weighted by Crippen LogP contribution is -2.30. The minimum atomic E-state index is -0.808. The number of rotatable bonds is 12. The van der Waals surface area contributed by atoms with Crippen LogP contribution in [-0.4, -0.2) is 53.5 Å². The van der Waals surface area contributed by atoms with Gasteiger partial charge in [-0.25, -0.2) is 14.8 Å². The Morgan fingerprint density at radius 3 is 2.76 bits per heavy atom. The number of anilines is 1. The molecule has 9 heteroatoms. The Balaban J connectivity index is 1.24. The summed E-state index contributed by atoms with van der Waals surface area (Å²) in [5.41, 5.74) is 9.21. The van der Waals surface area contributed by atoms with Crippen LogP contribution in [0.5, 0.6) is 5.75 Å². The van der Waals surface area contributed by atoms with Crippen molar-refractivity contribution < 1.29 is 19.0 Å². The molecule has 0 bridgehead atoms. The summed E-state index contributed by atoms with van der Waals surface area (Å²) in [6.45, 7) is 2.89. The number of para-hydroxylation sites is 1. The Morgan fingerprint density at radius 2 is 1.97 bits per heavy atom. The largest absolute Gasteiger partial charge is 0.476 e. The average molecular weight is 504 g/mol. The SMILES string of the molecule is COCCc1nc2c(N)nc3ccccc3c2n1CCCNCc1cccc(OC2(C(=O)OC)CC2)c1. The summed E-state index contributed by atoms with van der Waals surface area (Å²) in [7, 11) is 3.09. The lowest BCUT2D eigenvalue weighted by atomic mass is 10.2. The fourth-order valence-corrected chi connectivity index (χ4v) is 4.72. The van der Waals surface area contributed by atoms with Crippen molar-refractivity contribution in [3.8, 4) is 5.75 Å². The molecular weight excluding hydrogens is 470 g/mol. The van der Waals surface area contributed by atoms with Gasteiger partial charge >= 0.3 is 5.97 Å². The molecule has 9 nitrogen and oxygen atoms in total. The second-order valence-corrected chi connectivity index (χ2v) is 9.40. The van der Waals surface area contributed by atoms with Gasteiger partial charge in [0.25, 0.3) is 0 Å². The molecule has 0 atom stereocenters. The Kier molecular flexibility index (Phi) is 7.25. The first-order valence-corrected chi connectivity index (χ1v) is 12.6. The van der Waals surface area contributed by atoms with E-state index in [-0.39, 0.29) is 5.97 Å². The number of pyridine rings is 1. The second-order valence-electron chi connectivity index (χ2n) is 9.40. The van der Waals surface area contributed by atoms with Gasteiger partial charge in [-0.1, -0.05) is 30.3 Å². The van der Waals surface area contributed by atoms with Gasteiger partial charge in [0, 0.05) is 44.8 Å². The molecule has 5 rings (SSSR count). The highest BCUT2D eigenvalue weighted by atomic mass is 16.6. The van der Waals surface area contributed by atoms with Gasteiger partial charge < -0.3 is 29.8 Å². The molecule has 4 aromatic rings. The number of aryl methyl sites for hydroxylation is 1. The maximum Gasteiger partial charge on any atom is 0.350 e. The second kappa shape index (κ2) is 10.7. The van der Waals surface area contributed by atoms with Crippen LogP contribution in [0.4, 0.5) is 5.82 Å². The number of nitrogen functional groups attached to an aromatic ring is 1. The molecule has 0 spiro atoms. The first kappa shape index (κ1) is 25.0. The molecule has 1 saturated carbocycles. The summed E-state index contributed by atoms with van der Waals surface area (Å²) in [5, 5.41) is 4.57. The highest BCUT2D eigenvalue weighted by molar-refractivity contribution is 6.06. The van der Waals surface area contributed by atoms with Gasteiger partial charge in [0.05, 0.1) is 24.8 Å². The maximum absolute atomic E-state index is 12.0. The highest BCUT2D eigenvalue weighted by Gasteiger charge is 2.54. The van der Waals surface area contributed by atoms with Crippen LogP contribution in [0, 0.1) is 0 Å². The van der Waals surface area contributed by atoms with Crippen molar-refractivity contribution in [3.05, 3.63) is 59.9 Å². The number of fused-ring (bicyclic) bond motifs is 3. The van der Waals surface area contributed by atoms with E-state index in [1.165, 1.54) is 7.11 Å². The molecule has 2 aromatic carbocycles. The standard InChI is InChI=1S/C28H33N5O4/c1-35-16-11-23-32-24-25(21-9-3-4-10-22(21)31-26(24)29)33(23)15-6-14-30-18-19-7-5-8-20(17-19)37-28(12-13-28)27(34)36-2/h3-5,7-10,17,30H,6,11-16,18H2,1-2H3,(H2,29,31). The minimum absolute atomic E-state index is 0.307. The van der Waals surface area contributed by atoms with E-state index in [1.54, 1.807) is 7.11 Å². The molecule has 0 aliphatic heterocycles. The number of hydrogen-bond donors (Lipinski definition) is 2. The van der Waals surface area contributed by atoms with E-state index in [1.807, 2.05) is 42.5 Å². The van der Waals surface area contributed by atoms with Crippen molar-refractivity contribution in [2.24, 2.45) is 0 Å². The summed E-state index contributed by atoms with van der Waals surface area (Å²) in [6, 6.07) is 15.9. The molecule has 0 radical (unpaired) electrons. The van der Waals surface area contributed by atoms with Crippen LogP contribution < -0.4 is 15.8 Å². The number of aromatic nitrogens is 3. The van der Waals surface area contributed by atoms with Crippen molar-refractivity contribution in [2.45, 2.75) is 44.4 Å². The number of carbonyl (C=O) groups is 1. The predicted molar refractivity (Wildman–Crippen MR) is 142 cm³/mol. The van der Waals surface area contributed by atoms with Crippen LogP contribution in [0.2, 0.25) is 0 Å². The van der Waals surface area contributed by atoms with Crippen LogP contribution in [0.25, 0.3) is 21.9 Å². The van der Waals surface area contributed by atoms with Gasteiger partial charge in [0.2, 0.25) is 5.60 Å². The summed E-state index contributed by atoms with van der Waals surface area (Å²) < 4.78 is 18.4. The van der Waals surface area contributed by atoms with Gasteiger partial charge in [0.15, 0.2) is 5.82 Å².